The first-order chi connectivity index (χ1) is 9.99. The van der Waals surface area contributed by atoms with Crippen molar-refractivity contribution in [1.82, 2.24) is 15.1 Å². The quantitative estimate of drug-likeness (QED) is 0.884. The van der Waals surface area contributed by atoms with Crippen molar-refractivity contribution >= 4 is 5.91 Å². The van der Waals surface area contributed by atoms with E-state index >= 15 is 0 Å². The van der Waals surface area contributed by atoms with Gasteiger partial charge in [-0.15, -0.1) is 0 Å². The number of carbonyl (C=O) groups excluding carboxylic acids is 1. The molecule has 0 fully saturated rings. The molecule has 5 heteroatoms. The Balaban J connectivity index is 1.99. The van der Waals surface area contributed by atoms with Crippen LogP contribution in [0, 0.1) is 0 Å². The molecule has 1 heterocycles. The average Bonchev–Trinajstić information content (AvgIpc) is 2.87. The van der Waals surface area contributed by atoms with Crippen LogP contribution < -0.4 is 5.32 Å². The molecule has 21 heavy (non-hydrogen) atoms. The minimum absolute atomic E-state index is 0.172. The van der Waals surface area contributed by atoms with Crippen LogP contribution in [-0.4, -0.2) is 27.3 Å². The van der Waals surface area contributed by atoms with Crippen LogP contribution in [0.1, 0.15) is 47.6 Å². The maximum Gasteiger partial charge on any atom is 0.269 e. The molecular formula is C16H21N3O2. The SMILES string of the molecule is CC(C)c1cc(C(=O)NC[C@H](O)c2ccccc2)n(C)n1. The van der Waals surface area contributed by atoms with Crippen LogP contribution in [0.2, 0.25) is 0 Å². The Hall–Kier alpha value is -2.14. The van der Waals surface area contributed by atoms with Gasteiger partial charge < -0.3 is 10.4 Å². The fraction of sp³-hybridized carbons (Fsp3) is 0.375. The Bertz CT molecular complexity index is 605. The number of hydrogen-bond acceptors (Lipinski definition) is 3. The van der Waals surface area contributed by atoms with Crippen molar-refractivity contribution in [3.05, 3.63) is 53.3 Å². The molecule has 1 aromatic heterocycles. The fourth-order valence-corrected chi connectivity index (χ4v) is 2.06. The van der Waals surface area contributed by atoms with E-state index in [9.17, 15) is 9.90 Å². The van der Waals surface area contributed by atoms with Crippen molar-refractivity contribution in [3.63, 3.8) is 0 Å². The normalized spacial score (nSPS) is 12.4. The number of aliphatic hydroxyl groups is 1. The van der Waals surface area contributed by atoms with E-state index in [1.807, 2.05) is 44.2 Å². The minimum Gasteiger partial charge on any atom is -0.387 e. The van der Waals surface area contributed by atoms with Gasteiger partial charge in [-0.2, -0.15) is 5.10 Å². The number of carbonyl (C=O) groups is 1. The molecule has 1 aromatic carbocycles. The van der Waals surface area contributed by atoms with Gasteiger partial charge in [0.15, 0.2) is 0 Å². The monoisotopic (exact) mass is 287 g/mol. The number of aliphatic hydroxyl groups excluding tert-OH is 1. The Morgan fingerprint density at radius 3 is 2.57 bits per heavy atom. The van der Waals surface area contributed by atoms with Gasteiger partial charge >= 0.3 is 0 Å². The van der Waals surface area contributed by atoms with Crippen molar-refractivity contribution < 1.29 is 9.90 Å². The molecule has 2 N–H and O–H groups in total. The highest BCUT2D eigenvalue weighted by Crippen LogP contribution is 2.14. The van der Waals surface area contributed by atoms with E-state index in [-0.39, 0.29) is 18.4 Å². The molecule has 1 atom stereocenters. The molecule has 0 saturated heterocycles. The molecule has 0 aliphatic carbocycles. The van der Waals surface area contributed by atoms with Gasteiger partial charge in [0.05, 0.1) is 11.8 Å². The first kappa shape index (κ1) is 15.3. The van der Waals surface area contributed by atoms with Crippen LogP contribution in [0.4, 0.5) is 0 Å². The fourth-order valence-electron chi connectivity index (χ4n) is 2.06. The second-order valence-electron chi connectivity index (χ2n) is 5.37. The van der Waals surface area contributed by atoms with Gasteiger partial charge in [0.2, 0.25) is 0 Å². The van der Waals surface area contributed by atoms with Crippen molar-refractivity contribution in [1.29, 1.82) is 0 Å². The van der Waals surface area contributed by atoms with Crippen LogP contribution in [0.15, 0.2) is 36.4 Å². The second-order valence-corrected chi connectivity index (χ2v) is 5.37. The minimum atomic E-state index is -0.715. The van der Waals surface area contributed by atoms with Crippen molar-refractivity contribution in [2.24, 2.45) is 7.05 Å². The number of nitrogens with one attached hydrogen (secondary N) is 1. The lowest BCUT2D eigenvalue weighted by Gasteiger charge is -2.12. The van der Waals surface area contributed by atoms with Crippen LogP contribution in [-0.2, 0) is 7.05 Å². The van der Waals surface area contributed by atoms with Crippen LogP contribution in [0.5, 0.6) is 0 Å². The van der Waals surface area contributed by atoms with E-state index in [1.165, 1.54) is 0 Å². The Kier molecular flexibility index (Phi) is 4.75. The van der Waals surface area contributed by atoms with Crippen LogP contribution in [0.3, 0.4) is 0 Å². The third-order valence-corrected chi connectivity index (χ3v) is 3.36. The van der Waals surface area contributed by atoms with Gasteiger partial charge in [-0.25, -0.2) is 0 Å². The lowest BCUT2D eigenvalue weighted by Crippen LogP contribution is -2.29. The first-order valence-electron chi connectivity index (χ1n) is 7.04. The summed E-state index contributed by atoms with van der Waals surface area (Å²) in [5.41, 5.74) is 2.16. The van der Waals surface area contributed by atoms with Gasteiger partial charge in [0, 0.05) is 13.6 Å². The zero-order valence-electron chi connectivity index (χ0n) is 12.6. The van der Waals surface area contributed by atoms with E-state index in [0.29, 0.717) is 5.69 Å². The van der Waals surface area contributed by atoms with Crippen molar-refractivity contribution in [3.8, 4) is 0 Å². The zero-order valence-corrected chi connectivity index (χ0v) is 12.6. The molecule has 0 spiro atoms. The van der Waals surface area contributed by atoms with E-state index in [1.54, 1.807) is 17.8 Å². The molecule has 0 saturated carbocycles. The van der Waals surface area contributed by atoms with Crippen molar-refractivity contribution in [2.45, 2.75) is 25.9 Å². The lowest BCUT2D eigenvalue weighted by atomic mass is 10.1. The van der Waals surface area contributed by atoms with Gasteiger partial charge in [0.25, 0.3) is 5.91 Å². The molecular weight excluding hydrogens is 266 g/mol. The molecule has 2 rings (SSSR count). The number of nitrogens with zero attached hydrogens (tertiary/aromatic N) is 2. The largest absolute Gasteiger partial charge is 0.387 e. The molecule has 5 nitrogen and oxygen atoms in total. The molecule has 1 amide bonds. The summed E-state index contributed by atoms with van der Waals surface area (Å²) in [7, 11) is 1.74. The Morgan fingerprint density at radius 2 is 2.00 bits per heavy atom. The maximum absolute atomic E-state index is 12.2. The molecule has 0 aliphatic rings. The molecule has 0 radical (unpaired) electrons. The highest BCUT2D eigenvalue weighted by atomic mass is 16.3. The highest BCUT2D eigenvalue weighted by Gasteiger charge is 2.16. The van der Waals surface area contributed by atoms with E-state index in [0.717, 1.165) is 11.3 Å². The summed E-state index contributed by atoms with van der Waals surface area (Å²) in [4.78, 5) is 12.2. The number of hydrogen-bond donors (Lipinski definition) is 2. The molecule has 0 aliphatic heterocycles. The van der Waals surface area contributed by atoms with Gasteiger partial charge in [-0.05, 0) is 17.5 Å². The predicted molar refractivity (Wildman–Crippen MR) is 81.0 cm³/mol. The van der Waals surface area contributed by atoms with Gasteiger partial charge in [0.1, 0.15) is 5.69 Å². The highest BCUT2D eigenvalue weighted by molar-refractivity contribution is 5.92. The van der Waals surface area contributed by atoms with Crippen molar-refractivity contribution in [2.75, 3.05) is 6.54 Å². The van der Waals surface area contributed by atoms with Crippen LogP contribution >= 0.6 is 0 Å². The predicted octanol–water partition coefficient (Wildman–Crippen LogP) is 2.01. The van der Waals surface area contributed by atoms with Gasteiger partial charge in [-0.1, -0.05) is 44.2 Å². The van der Waals surface area contributed by atoms with E-state index in [2.05, 4.69) is 10.4 Å². The molecule has 2 aromatic rings. The summed E-state index contributed by atoms with van der Waals surface area (Å²) < 4.78 is 1.57. The third-order valence-electron chi connectivity index (χ3n) is 3.36. The summed E-state index contributed by atoms with van der Waals surface area (Å²) in [5, 5.41) is 17.1. The van der Waals surface area contributed by atoms with E-state index in [4.69, 9.17) is 0 Å². The van der Waals surface area contributed by atoms with Crippen LogP contribution in [0.25, 0.3) is 0 Å². The zero-order chi connectivity index (χ0) is 15.4. The Morgan fingerprint density at radius 1 is 1.33 bits per heavy atom. The molecule has 0 unspecified atom stereocenters. The number of aryl methyl sites for hydroxylation is 1. The summed E-state index contributed by atoms with van der Waals surface area (Å²) in [6.07, 6.45) is -0.715. The molecule has 112 valence electrons. The second kappa shape index (κ2) is 6.54. The summed E-state index contributed by atoms with van der Waals surface area (Å²) in [6.45, 7) is 4.23. The topological polar surface area (TPSA) is 67.2 Å². The Labute approximate surface area is 124 Å². The van der Waals surface area contributed by atoms with Gasteiger partial charge in [-0.3, -0.25) is 9.48 Å². The summed E-state index contributed by atoms with van der Waals surface area (Å²) in [6, 6.07) is 11.1. The summed E-state index contributed by atoms with van der Waals surface area (Å²) in [5.74, 6) is 0.0412. The summed E-state index contributed by atoms with van der Waals surface area (Å²) >= 11 is 0. The standard InChI is InChI=1S/C16H21N3O2/c1-11(2)13-9-14(19(3)18-13)16(21)17-10-15(20)12-7-5-4-6-8-12/h4-9,11,15,20H,10H2,1-3H3,(H,17,21)/t15-/m0/s1. The number of benzene rings is 1. The third kappa shape index (κ3) is 3.70. The molecule has 0 bridgehead atoms. The first-order valence-corrected chi connectivity index (χ1v) is 7.04. The lowest BCUT2D eigenvalue weighted by molar-refractivity contribution is 0.0907. The number of amides is 1. The smallest absolute Gasteiger partial charge is 0.269 e. The van der Waals surface area contributed by atoms with E-state index < -0.39 is 6.10 Å². The number of aromatic nitrogens is 2. The maximum atomic E-state index is 12.2. The number of rotatable bonds is 5. The average molecular weight is 287 g/mol.